The lowest BCUT2D eigenvalue weighted by atomic mass is 9.91. The average molecular weight is 347 g/mol. The van der Waals surface area contributed by atoms with E-state index in [2.05, 4.69) is 15.3 Å². The van der Waals surface area contributed by atoms with Crippen molar-refractivity contribution in [1.29, 1.82) is 0 Å². The molecule has 0 fully saturated rings. The number of aromatic amines is 1. The van der Waals surface area contributed by atoms with Crippen molar-refractivity contribution in [2.75, 3.05) is 26.5 Å². The number of carbonyl (C=O) groups excluding carboxylic acids is 1. The maximum Gasteiger partial charge on any atom is 0.241 e. The zero-order chi connectivity index (χ0) is 18.8. The number of carbonyl (C=O) groups is 1. The zero-order valence-corrected chi connectivity index (χ0v) is 15.3. The summed E-state index contributed by atoms with van der Waals surface area (Å²) in [5.41, 5.74) is 1.23. The lowest BCUT2D eigenvalue weighted by molar-refractivity contribution is -0.900. The molecule has 1 heterocycles. The van der Waals surface area contributed by atoms with Gasteiger partial charge in [-0.25, -0.2) is 4.98 Å². The van der Waals surface area contributed by atoms with Gasteiger partial charge >= 0.3 is 0 Å². The molecule has 0 saturated carbocycles. The van der Waals surface area contributed by atoms with Crippen molar-refractivity contribution < 1.29 is 19.5 Å². The minimum absolute atomic E-state index is 0.117. The quantitative estimate of drug-likeness (QED) is 0.597. The van der Waals surface area contributed by atoms with Crippen molar-refractivity contribution in [1.82, 2.24) is 9.97 Å². The molecule has 4 N–H and O–H groups in total. The van der Waals surface area contributed by atoms with Gasteiger partial charge in [-0.05, 0) is 25.5 Å². The molecule has 3 unspecified atom stereocenters. The van der Waals surface area contributed by atoms with Crippen LogP contribution in [0.15, 0.2) is 30.6 Å². The number of hydrogen-bond acceptors (Lipinski definition) is 4. The first-order chi connectivity index (χ1) is 11.6. The van der Waals surface area contributed by atoms with E-state index in [0.717, 1.165) is 5.56 Å². The van der Waals surface area contributed by atoms with Crippen molar-refractivity contribution in [2.45, 2.75) is 31.9 Å². The summed E-state index contributed by atoms with van der Waals surface area (Å²) in [5.74, 6) is -0.366. The topological polar surface area (TPSA) is 98.2 Å². The summed E-state index contributed by atoms with van der Waals surface area (Å²) in [6.07, 6.45) is 2.51. The van der Waals surface area contributed by atoms with Crippen LogP contribution in [0.2, 0.25) is 0 Å². The molecule has 25 heavy (non-hydrogen) atoms. The Bertz CT molecular complexity index is 720. The van der Waals surface area contributed by atoms with E-state index >= 15 is 0 Å². The molecule has 2 rings (SSSR count). The number of imidazole rings is 1. The lowest BCUT2D eigenvalue weighted by Gasteiger charge is -2.39. The number of quaternary nitrogens is 1. The number of aliphatic hydroxyl groups excluding tert-OH is 1. The lowest BCUT2D eigenvalue weighted by Crippen LogP contribution is -2.56. The highest BCUT2D eigenvalue weighted by Crippen LogP contribution is 2.28. The summed E-state index contributed by atoms with van der Waals surface area (Å²) in [5, 5.41) is 23.0. The van der Waals surface area contributed by atoms with Crippen molar-refractivity contribution in [2.24, 2.45) is 0 Å². The fraction of sp³-hybridized carbons (Fsp3) is 0.444. The molecule has 3 atom stereocenters. The number of likely N-dealkylation sites (N-methyl/N-ethyl adjacent to an activating group) is 1. The van der Waals surface area contributed by atoms with Crippen molar-refractivity contribution in [3.63, 3.8) is 0 Å². The minimum atomic E-state index is -0.729. The standard InChI is InChI=1S/C18H26N4O3/c1-11-6-7-13(10-14(11)24)21-18(25)15(17-19-8-9-20-17)16(12(2)23)22(3,4)5/h6-10,12,15-16,23H,1-5H3,(H2-,19,20,21,24,25)/p+1. The summed E-state index contributed by atoms with van der Waals surface area (Å²) in [6, 6.07) is 4.56. The fourth-order valence-corrected chi connectivity index (χ4v) is 3.17. The van der Waals surface area contributed by atoms with E-state index in [1.807, 2.05) is 21.1 Å². The number of aromatic nitrogens is 2. The largest absolute Gasteiger partial charge is 0.508 e. The molecule has 0 radical (unpaired) electrons. The van der Waals surface area contributed by atoms with E-state index < -0.39 is 18.1 Å². The Kier molecular flexibility index (Phi) is 5.49. The van der Waals surface area contributed by atoms with Gasteiger partial charge < -0.3 is 25.0 Å². The maximum atomic E-state index is 13.0. The smallest absolute Gasteiger partial charge is 0.241 e. The zero-order valence-electron chi connectivity index (χ0n) is 15.3. The van der Waals surface area contributed by atoms with Crippen molar-refractivity contribution in [3.8, 4) is 5.75 Å². The Morgan fingerprint density at radius 2 is 2.00 bits per heavy atom. The number of H-pyrrole nitrogens is 1. The predicted molar refractivity (Wildman–Crippen MR) is 96.3 cm³/mol. The molecular weight excluding hydrogens is 320 g/mol. The van der Waals surface area contributed by atoms with Crippen LogP contribution in [0, 0.1) is 6.92 Å². The van der Waals surface area contributed by atoms with Crippen LogP contribution in [0.3, 0.4) is 0 Å². The first-order valence-corrected chi connectivity index (χ1v) is 8.20. The van der Waals surface area contributed by atoms with E-state index in [0.29, 0.717) is 16.0 Å². The fourth-order valence-electron chi connectivity index (χ4n) is 3.17. The first-order valence-electron chi connectivity index (χ1n) is 8.20. The Morgan fingerprint density at radius 3 is 2.48 bits per heavy atom. The van der Waals surface area contributed by atoms with Crippen LogP contribution in [-0.2, 0) is 4.79 Å². The van der Waals surface area contributed by atoms with Crippen LogP contribution in [-0.4, -0.2) is 63.9 Å². The van der Waals surface area contributed by atoms with Gasteiger partial charge in [0.25, 0.3) is 0 Å². The number of aliphatic hydroxyl groups is 1. The Hall–Kier alpha value is -2.38. The minimum Gasteiger partial charge on any atom is -0.508 e. The normalized spacial score (nSPS) is 15.4. The number of benzene rings is 1. The van der Waals surface area contributed by atoms with Gasteiger partial charge in [-0.1, -0.05) is 6.07 Å². The van der Waals surface area contributed by atoms with Crippen LogP contribution in [0.1, 0.15) is 24.2 Å². The molecule has 136 valence electrons. The number of aromatic hydroxyl groups is 1. The third-order valence-corrected chi connectivity index (χ3v) is 4.30. The number of aryl methyl sites for hydroxylation is 1. The van der Waals surface area contributed by atoms with Gasteiger partial charge in [-0.3, -0.25) is 4.79 Å². The van der Waals surface area contributed by atoms with E-state index in [4.69, 9.17) is 0 Å². The van der Waals surface area contributed by atoms with E-state index in [9.17, 15) is 15.0 Å². The molecule has 0 bridgehead atoms. The second-order valence-electron chi connectivity index (χ2n) is 7.29. The number of nitrogens with one attached hydrogen (secondary N) is 2. The molecular formula is C18H27N4O3+. The van der Waals surface area contributed by atoms with Crippen LogP contribution >= 0.6 is 0 Å². The van der Waals surface area contributed by atoms with Gasteiger partial charge in [0.1, 0.15) is 23.7 Å². The third kappa shape index (κ3) is 4.37. The monoisotopic (exact) mass is 347 g/mol. The number of amides is 1. The van der Waals surface area contributed by atoms with Crippen LogP contribution in [0.4, 0.5) is 5.69 Å². The number of anilines is 1. The molecule has 1 aromatic heterocycles. The SMILES string of the molecule is Cc1ccc(NC(=O)C(c2ncc[nH]2)C(C(C)O)[N+](C)(C)C)cc1O. The van der Waals surface area contributed by atoms with Gasteiger partial charge in [0.15, 0.2) is 5.92 Å². The van der Waals surface area contributed by atoms with E-state index in [1.54, 1.807) is 38.4 Å². The molecule has 0 aliphatic rings. The molecule has 2 aromatic rings. The Balaban J connectivity index is 2.38. The molecule has 0 aliphatic carbocycles. The summed E-state index contributed by atoms with van der Waals surface area (Å²) in [7, 11) is 5.79. The first kappa shape index (κ1) is 19.0. The van der Waals surface area contributed by atoms with Crippen molar-refractivity contribution in [3.05, 3.63) is 42.0 Å². The number of nitrogens with zero attached hydrogens (tertiary/aromatic N) is 2. The van der Waals surface area contributed by atoms with Gasteiger partial charge in [0.2, 0.25) is 5.91 Å². The molecule has 7 nitrogen and oxygen atoms in total. The molecule has 1 aromatic carbocycles. The molecule has 1 amide bonds. The number of rotatable bonds is 6. The van der Waals surface area contributed by atoms with E-state index in [-0.39, 0.29) is 11.7 Å². The van der Waals surface area contributed by atoms with Crippen LogP contribution in [0.25, 0.3) is 0 Å². The highest BCUT2D eigenvalue weighted by molar-refractivity contribution is 5.96. The third-order valence-electron chi connectivity index (χ3n) is 4.30. The number of phenolic OH excluding ortho intramolecular Hbond substituents is 1. The van der Waals surface area contributed by atoms with Crippen LogP contribution < -0.4 is 5.32 Å². The van der Waals surface area contributed by atoms with Gasteiger partial charge in [-0.2, -0.15) is 0 Å². The van der Waals surface area contributed by atoms with Gasteiger partial charge in [0.05, 0.1) is 21.1 Å². The summed E-state index contributed by atoms with van der Waals surface area (Å²) >= 11 is 0. The second kappa shape index (κ2) is 7.25. The predicted octanol–water partition coefficient (Wildman–Crippen LogP) is 1.60. The number of phenols is 1. The number of hydrogen-bond donors (Lipinski definition) is 4. The molecule has 0 aliphatic heterocycles. The molecule has 0 saturated heterocycles. The summed E-state index contributed by atoms with van der Waals surface area (Å²) in [4.78, 5) is 20.3. The summed E-state index contributed by atoms with van der Waals surface area (Å²) in [6.45, 7) is 3.46. The van der Waals surface area contributed by atoms with Crippen molar-refractivity contribution >= 4 is 11.6 Å². The highest BCUT2D eigenvalue weighted by Gasteiger charge is 2.43. The second-order valence-corrected chi connectivity index (χ2v) is 7.29. The average Bonchev–Trinajstić information content (AvgIpc) is 3.00. The molecule has 7 heteroatoms. The Labute approximate surface area is 147 Å². The maximum absolute atomic E-state index is 13.0. The van der Waals surface area contributed by atoms with Gasteiger partial charge in [-0.15, -0.1) is 0 Å². The highest BCUT2D eigenvalue weighted by atomic mass is 16.3. The summed E-state index contributed by atoms with van der Waals surface area (Å²) < 4.78 is 0.385. The van der Waals surface area contributed by atoms with Gasteiger partial charge in [0, 0.05) is 24.1 Å². The molecule has 0 spiro atoms. The van der Waals surface area contributed by atoms with Crippen LogP contribution in [0.5, 0.6) is 5.75 Å². The Morgan fingerprint density at radius 1 is 1.32 bits per heavy atom. The van der Waals surface area contributed by atoms with E-state index in [1.165, 1.54) is 6.07 Å².